The van der Waals surface area contributed by atoms with Crippen LogP contribution in [0.15, 0.2) is 36.7 Å². The Balaban J connectivity index is 1.90. The van der Waals surface area contributed by atoms with E-state index in [1.807, 2.05) is 31.2 Å². The van der Waals surface area contributed by atoms with Crippen LogP contribution in [0.25, 0.3) is 0 Å². The number of aryl methyl sites for hydroxylation is 1. The van der Waals surface area contributed by atoms with Gasteiger partial charge in [0.05, 0.1) is 18.5 Å². The van der Waals surface area contributed by atoms with E-state index in [1.54, 1.807) is 19.5 Å². The maximum Gasteiger partial charge on any atom is 0.123 e. The van der Waals surface area contributed by atoms with Crippen LogP contribution in [0.5, 0.6) is 5.75 Å². The number of benzene rings is 1. The molecule has 0 amide bonds. The first-order valence-electron chi connectivity index (χ1n) is 5.89. The molecule has 0 spiro atoms. The molecule has 4 nitrogen and oxygen atoms in total. The first kappa shape index (κ1) is 12.5. The average molecular weight is 243 g/mol. The normalized spacial score (nSPS) is 10.3. The van der Waals surface area contributed by atoms with Crippen molar-refractivity contribution in [1.29, 1.82) is 0 Å². The second kappa shape index (κ2) is 6.12. The second-order valence-corrected chi connectivity index (χ2v) is 4.06. The summed E-state index contributed by atoms with van der Waals surface area (Å²) >= 11 is 0. The Morgan fingerprint density at radius 3 is 2.67 bits per heavy atom. The van der Waals surface area contributed by atoms with Crippen LogP contribution in [-0.4, -0.2) is 17.1 Å². The van der Waals surface area contributed by atoms with Gasteiger partial charge in [0, 0.05) is 31.0 Å². The fourth-order valence-electron chi connectivity index (χ4n) is 1.68. The summed E-state index contributed by atoms with van der Waals surface area (Å²) < 4.78 is 5.30. The molecule has 1 heterocycles. The second-order valence-electron chi connectivity index (χ2n) is 4.06. The monoisotopic (exact) mass is 243 g/mol. The van der Waals surface area contributed by atoms with Crippen LogP contribution in [0.1, 0.15) is 17.0 Å². The maximum atomic E-state index is 5.30. The quantitative estimate of drug-likeness (QED) is 0.873. The first-order chi connectivity index (χ1) is 8.79. The number of nitrogens with one attached hydrogen (secondary N) is 1. The van der Waals surface area contributed by atoms with Gasteiger partial charge in [-0.2, -0.15) is 0 Å². The van der Waals surface area contributed by atoms with Gasteiger partial charge in [0.15, 0.2) is 0 Å². The molecule has 0 bridgehead atoms. The van der Waals surface area contributed by atoms with Gasteiger partial charge in [-0.3, -0.25) is 9.97 Å². The van der Waals surface area contributed by atoms with Crippen LogP contribution in [0.4, 0.5) is 0 Å². The number of rotatable bonds is 5. The van der Waals surface area contributed by atoms with Crippen molar-refractivity contribution in [2.24, 2.45) is 0 Å². The summed E-state index contributed by atoms with van der Waals surface area (Å²) in [7, 11) is 1.68. The highest BCUT2D eigenvalue weighted by molar-refractivity contribution is 5.32. The van der Waals surface area contributed by atoms with E-state index in [4.69, 9.17) is 4.74 Å². The molecule has 18 heavy (non-hydrogen) atoms. The number of methoxy groups -OCH3 is 1. The van der Waals surface area contributed by atoms with Crippen molar-refractivity contribution >= 4 is 0 Å². The molecule has 94 valence electrons. The lowest BCUT2D eigenvalue weighted by molar-refractivity contribution is 0.407. The van der Waals surface area contributed by atoms with Gasteiger partial charge in [0.2, 0.25) is 0 Å². The number of para-hydroxylation sites is 1. The zero-order chi connectivity index (χ0) is 12.8. The minimum Gasteiger partial charge on any atom is -0.496 e. The smallest absolute Gasteiger partial charge is 0.123 e. The van der Waals surface area contributed by atoms with Gasteiger partial charge < -0.3 is 10.1 Å². The summed E-state index contributed by atoms with van der Waals surface area (Å²) in [5.74, 6) is 0.903. The highest BCUT2D eigenvalue weighted by Crippen LogP contribution is 2.16. The largest absolute Gasteiger partial charge is 0.496 e. The predicted molar refractivity (Wildman–Crippen MR) is 70.3 cm³/mol. The van der Waals surface area contributed by atoms with Crippen LogP contribution in [0.2, 0.25) is 0 Å². The van der Waals surface area contributed by atoms with E-state index in [0.29, 0.717) is 6.54 Å². The van der Waals surface area contributed by atoms with Crippen LogP contribution in [0, 0.1) is 6.92 Å². The minimum atomic E-state index is 0.700. The maximum absolute atomic E-state index is 5.30. The lowest BCUT2D eigenvalue weighted by atomic mass is 10.2. The van der Waals surface area contributed by atoms with Gasteiger partial charge in [-0.1, -0.05) is 18.2 Å². The Morgan fingerprint density at radius 2 is 1.94 bits per heavy atom. The number of hydrogen-bond acceptors (Lipinski definition) is 4. The molecule has 0 radical (unpaired) electrons. The highest BCUT2D eigenvalue weighted by atomic mass is 16.5. The van der Waals surface area contributed by atoms with E-state index in [0.717, 1.165) is 29.2 Å². The van der Waals surface area contributed by atoms with Crippen molar-refractivity contribution in [3.05, 3.63) is 53.6 Å². The van der Waals surface area contributed by atoms with Crippen molar-refractivity contribution in [3.63, 3.8) is 0 Å². The molecule has 2 aromatic rings. The molecule has 1 aromatic heterocycles. The summed E-state index contributed by atoms with van der Waals surface area (Å²) in [5, 5.41) is 3.33. The summed E-state index contributed by atoms with van der Waals surface area (Å²) in [6.07, 6.45) is 3.57. The first-order valence-corrected chi connectivity index (χ1v) is 5.89. The summed E-state index contributed by atoms with van der Waals surface area (Å²) in [4.78, 5) is 8.51. The Morgan fingerprint density at radius 1 is 1.11 bits per heavy atom. The summed E-state index contributed by atoms with van der Waals surface area (Å²) in [6.45, 7) is 3.38. The summed E-state index contributed by atoms with van der Waals surface area (Å²) in [5.41, 5.74) is 3.01. The topological polar surface area (TPSA) is 47.0 Å². The molecule has 0 unspecified atom stereocenters. The molecular weight excluding hydrogens is 226 g/mol. The number of nitrogens with zero attached hydrogens (tertiary/aromatic N) is 2. The Hall–Kier alpha value is -1.94. The van der Waals surface area contributed by atoms with Crippen LogP contribution < -0.4 is 10.1 Å². The molecule has 0 atom stereocenters. The average Bonchev–Trinajstić information content (AvgIpc) is 2.41. The zero-order valence-electron chi connectivity index (χ0n) is 10.7. The van der Waals surface area contributed by atoms with Crippen molar-refractivity contribution in [3.8, 4) is 5.75 Å². The molecule has 0 aliphatic rings. The third-order valence-electron chi connectivity index (χ3n) is 2.65. The third kappa shape index (κ3) is 3.28. The van der Waals surface area contributed by atoms with Gasteiger partial charge in [-0.05, 0) is 13.0 Å². The van der Waals surface area contributed by atoms with E-state index in [1.165, 1.54) is 0 Å². The molecule has 4 heteroatoms. The molecular formula is C14H17N3O. The Kier molecular flexibility index (Phi) is 4.25. The molecule has 0 aliphatic carbocycles. The van der Waals surface area contributed by atoms with Gasteiger partial charge in [0.25, 0.3) is 0 Å². The molecule has 2 rings (SSSR count). The number of ether oxygens (including phenoxy) is 1. The van der Waals surface area contributed by atoms with Crippen LogP contribution >= 0.6 is 0 Å². The van der Waals surface area contributed by atoms with Gasteiger partial charge >= 0.3 is 0 Å². The molecule has 0 fully saturated rings. The summed E-state index contributed by atoms with van der Waals surface area (Å²) in [6, 6.07) is 7.98. The fraction of sp³-hybridized carbons (Fsp3) is 0.286. The van der Waals surface area contributed by atoms with Crippen molar-refractivity contribution < 1.29 is 4.74 Å². The zero-order valence-corrected chi connectivity index (χ0v) is 10.7. The molecule has 0 saturated carbocycles. The fourth-order valence-corrected chi connectivity index (χ4v) is 1.68. The lowest BCUT2D eigenvalue weighted by Crippen LogP contribution is -2.14. The van der Waals surface area contributed by atoms with Gasteiger partial charge in [-0.25, -0.2) is 0 Å². The SMILES string of the molecule is COc1ccccc1CNCc1cnc(C)cn1. The Bertz CT molecular complexity index is 497. The highest BCUT2D eigenvalue weighted by Gasteiger charge is 2.01. The Labute approximate surface area is 107 Å². The van der Waals surface area contributed by atoms with Crippen molar-refractivity contribution in [2.75, 3.05) is 7.11 Å². The molecule has 1 aromatic carbocycles. The third-order valence-corrected chi connectivity index (χ3v) is 2.65. The van der Waals surface area contributed by atoms with E-state index in [9.17, 15) is 0 Å². The van der Waals surface area contributed by atoms with E-state index in [-0.39, 0.29) is 0 Å². The van der Waals surface area contributed by atoms with Gasteiger partial charge in [0.1, 0.15) is 5.75 Å². The number of aromatic nitrogens is 2. The van der Waals surface area contributed by atoms with Gasteiger partial charge in [-0.15, -0.1) is 0 Å². The number of hydrogen-bond donors (Lipinski definition) is 1. The van der Waals surface area contributed by atoms with Crippen LogP contribution in [0.3, 0.4) is 0 Å². The van der Waals surface area contributed by atoms with E-state index >= 15 is 0 Å². The minimum absolute atomic E-state index is 0.700. The van der Waals surface area contributed by atoms with Crippen molar-refractivity contribution in [2.45, 2.75) is 20.0 Å². The molecule has 0 saturated heterocycles. The molecule has 0 aliphatic heterocycles. The van der Waals surface area contributed by atoms with E-state index in [2.05, 4.69) is 15.3 Å². The molecule has 1 N–H and O–H groups in total. The van der Waals surface area contributed by atoms with Crippen molar-refractivity contribution in [1.82, 2.24) is 15.3 Å². The van der Waals surface area contributed by atoms with Crippen LogP contribution in [-0.2, 0) is 13.1 Å². The standard InChI is InChI=1S/C14H17N3O/c1-11-7-17-13(10-16-11)9-15-8-12-5-3-4-6-14(12)18-2/h3-7,10,15H,8-9H2,1-2H3. The van der Waals surface area contributed by atoms with E-state index < -0.39 is 0 Å². The predicted octanol–water partition coefficient (Wildman–Crippen LogP) is 2.08. The lowest BCUT2D eigenvalue weighted by Gasteiger charge is -2.09.